The average Bonchev–Trinajstić information content (AvgIpc) is 2.70. The van der Waals surface area contributed by atoms with Crippen LogP contribution in [-0.4, -0.2) is 55.5 Å². The van der Waals surface area contributed by atoms with Crippen LogP contribution in [-0.2, 0) is 17.6 Å². The zero-order valence-electron chi connectivity index (χ0n) is 15.9. The van der Waals surface area contributed by atoms with Gasteiger partial charge in [0.15, 0.2) is 5.96 Å². The number of aliphatic imine (C=N–C) groups is 1. The minimum atomic E-state index is 0. The van der Waals surface area contributed by atoms with Crippen molar-refractivity contribution in [3.8, 4) is 0 Å². The van der Waals surface area contributed by atoms with E-state index in [4.69, 9.17) is 0 Å². The Morgan fingerprint density at radius 3 is 2.48 bits per heavy atom. The van der Waals surface area contributed by atoms with Crippen molar-refractivity contribution in [1.29, 1.82) is 0 Å². The molecule has 27 heavy (non-hydrogen) atoms. The number of likely N-dealkylation sites (N-methyl/N-ethyl adjacent to an activating group) is 1. The summed E-state index contributed by atoms with van der Waals surface area (Å²) in [5.74, 6) is 0.652. The highest BCUT2D eigenvalue weighted by molar-refractivity contribution is 14.0. The van der Waals surface area contributed by atoms with Crippen LogP contribution in [0.4, 0.5) is 0 Å². The molecular weight excluding hydrogens is 453 g/mol. The van der Waals surface area contributed by atoms with Gasteiger partial charge >= 0.3 is 0 Å². The van der Waals surface area contributed by atoms with Crippen LogP contribution in [0.25, 0.3) is 0 Å². The van der Waals surface area contributed by atoms with Crippen molar-refractivity contribution in [3.05, 3.63) is 66.0 Å². The molecule has 7 heteroatoms. The molecule has 0 aliphatic carbocycles. The van der Waals surface area contributed by atoms with E-state index in [-0.39, 0.29) is 36.4 Å². The maximum absolute atomic E-state index is 12.2. The Hall–Kier alpha value is -2.16. The highest BCUT2D eigenvalue weighted by Gasteiger charge is 2.09. The minimum absolute atomic E-state index is 0. The standard InChI is InChI=1S/C20H27N5O.HI/c1-21-20(23-14-11-17-8-4-3-5-9-17)24-16-19(26)25(2)15-12-18-10-6-7-13-22-18;/h3-10,13H,11-12,14-16H2,1-2H3,(H2,21,23,24);1H. The molecule has 1 amide bonds. The molecule has 146 valence electrons. The molecule has 0 bridgehead atoms. The summed E-state index contributed by atoms with van der Waals surface area (Å²) >= 11 is 0. The summed E-state index contributed by atoms with van der Waals surface area (Å²) in [5, 5.41) is 6.29. The van der Waals surface area contributed by atoms with Gasteiger partial charge in [-0.3, -0.25) is 14.8 Å². The van der Waals surface area contributed by atoms with Crippen LogP contribution in [0.2, 0.25) is 0 Å². The van der Waals surface area contributed by atoms with Crippen LogP contribution in [0.5, 0.6) is 0 Å². The molecule has 0 aliphatic rings. The molecule has 0 unspecified atom stereocenters. The number of guanidine groups is 1. The summed E-state index contributed by atoms with van der Waals surface area (Å²) in [6.45, 7) is 1.61. The van der Waals surface area contributed by atoms with Gasteiger partial charge in [-0.15, -0.1) is 24.0 Å². The number of nitrogens with zero attached hydrogens (tertiary/aromatic N) is 3. The van der Waals surface area contributed by atoms with Gasteiger partial charge in [-0.25, -0.2) is 0 Å². The predicted molar refractivity (Wildman–Crippen MR) is 121 cm³/mol. The van der Waals surface area contributed by atoms with Crippen LogP contribution in [0.15, 0.2) is 59.7 Å². The van der Waals surface area contributed by atoms with Gasteiger partial charge in [0.05, 0.1) is 6.54 Å². The molecule has 0 saturated heterocycles. The van der Waals surface area contributed by atoms with E-state index >= 15 is 0 Å². The number of nitrogens with one attached hydrogen (secondary N) is 2. The van der Waals surface area contributed by atoms with Gasteiger partial charge in [-0.1, -0.05) is 36.4 Å². The van der Waals surface area contributed by atoms with Crippen LogP contribution in [0.3, 0.4) is 0 Å². The van der Waals surface area contributed by atoms with E-state index in [1.165, 1.54) is 5.56 Å². The molecule has 0 radical (unpaired) electrons. The Kier molecular flexibility index (Phi) is 11.1. The third-order valence-electron chi connectivity index (χ3n) is 4.03. The fourth-order valence-corrected chi connectivity index (χ4v) is 2.44. The number of carbonyl (C=O) groups is 1. The van der Waals surface area contributed by atoms with E-state index in [0.29, 0.717) is 12.5 Å². The molecule has 0 fully saturated rings. The largest absolute Gasteiger partial charge is 0.356 e. The summed E-state index contributed by atoms with van der Waals surface area (Å²) in [5.41, 5.74) is 2.25. The summed E-state index contributed by atoms with van der Waals surface area (Å²) < 4.78 is 0. The number of hydrogen-bond donors (Lipinski definition) is 2. The number of halogens is 1. The lowest BCUT2D eigenvalue weighted by atomic mass is 10.1. The van der Waals surface area contributed by atoms with Gasteiger partial charge in [0.1, 0.15) is 0 Å². The van der Waals surface area contributed by atoms with Crippen molar-refractivity contribution in [2.75, 3.05) is 33.7 Å². The maximum atomic E-state index is 12.2. The number of benzene rings is 1. The van der Waals surface area contributed by atoms with E-state index in [1.54, 1.807) is 25.2 Å². The van der Waals surface area contributed by atoms with E-state index in [0.717, 1.165) is 25.1 Å². The fraction of sp³-hybridized carbons (Fsp3) is 0.350. The first kappa shape index (κ1) is 22.9. The lowest BCUT2D eigenvalue weighted by molar-refractivity contribution is -0.128. The quantitative estimate of drug-likeness (QED) is 0.345. The molecule has 1 heterocycles. The van der Waals surface area contributed by atoms with Crippen molar-refractivity contribution in [1.82, 2.24) is 20.5 Å². The maximum Gasteiger partial charge on any atom is 0.241 e. The number of rotatable bonds is 8. The molecule has 1 aromatic carbocycles. The average molecular weight is 481 g/mol. The summed E-state index contributed by atoms with van der Waals surface area (Å²) in [6.07, 6.45) is 3.41. The van der Waals surface area contributed by atoms with Gasteiger partial charge in [0.2, 0.25) is 5.91 Å². The second-order valence-corrected chi connectivity index (χ2v) is 5.97. The van der Waals surface area contributed by atoms with Crippen LogP contribution in [0.1, 0.15) is 11.3 Å². The fourth-order valence-electron chi connectivity index (χ4n) is 2.44. The summed E-state index contributed by atoms with van der Waals surface area (Å²) in [6, 6.07) is 16.1. The first-order chi connectivity index (χ1) is 12.7. The van der Waals surface area contributed by atoms with Crippen molar-refractivity contribution >= 4 is 35.8 Å². The van der Waals surface area contributed by atoms with E-state index in [2.05, 4.69) is 32.7 Å². The second-order valence-electron chi connectivity index (χ2n) is 5.97. The Morgan fingerprint density at radius 1 is 1.07 bits per heavy atom. The zero-order valence-corrected chi connectivity index (χ0v) is 18.2. The minimum Gasteiger partial charge on any atom is -0.356 e. The Morgan fingerprint density at radius 2 is 1.81 bits per heavy atom. The Labute approximate surface area is 178 Å². The normalized spacial score (nSPS) is 10.7. The van der Waals surface area contributed by atoms with Gasteiger partial charge in [0, 0.05) is 45.5 Å². The SMILES string of the molecule is CN=C(NCCc1ccccc1)NCC(=O)N(C)CCc1ccccn1.I. The Bertz CT molecular complexity index is 694. The van der Waals surface area contributed by atoms with Gasteiger partial charge < -0.3 is 15.5 Å². The predicted octanol–water partition coefficient (Wildman–Crippen LogP) is 2.11. The van der Waals surface area contributed by atoms with Crippen LogP contribution < -0.4 is 10.6 Å². The lowest BCUT2D eigenvalue weighted by Crippen LogP contribution is -2.44. The third-order valence-corrected chi connectivity index (χ3v) is 4.03. The van der Waals surface area contributed by atoms with Crippen LogP contribution >= 0.6 is 24.0 Å². The zero-order chi connectivity index (χ0) is 18.6. The van der Waals surface area contributed by atoms with E-state index in [9.17, 15) is 4.79 Å². The second kappa shape index (κ2) is 13.1. The van der Waals surface area contributed by atoms with Crippen molar-refractivity contribution in [3.63, 3.8) is 0 Å². The highest BCUT2D eigenvalue weighted by atomic mass is 127. The van der Waals surface area contributed by atoms with Crippen molar-refractivity contribution in [2.24, 2.45) is 4.99 Å². The topological polar surface area (TPSA) is 69.6 Å². The summed E-state index contributed by atoms with van der Waals surface area (Å²) in [7, 11) is 3.51. The molecule has 0 aliphatic heterocycles. The first-order valence-electron chi connectivity index (χ1n) is 8.81. The number of carbonyl (C=O) groups excluding carboxylic acids is 1. The Balaban J connectivity index is 0.00000364. The monoisotopic (exact) mass is 481 g/mol. The summed E-state index contributed by atoms with van der Waals surface area (Å²) in [4.78, 5) is 22.4. The van der Waals surface area contributed by atoms with Crippen LogP contribution in [0, 0.1) is 0 Å². The van der Waals surface area contributed by atoms with E-state index < -0.39 is 0 Å². The molecular formula is C20H28IN5O. The molecule has 2 rings (SSSR count). The lowest BCUT2D eigenvalue weighted by Gasteiger charge is -2.18. The molecule has 0 atom stereocenters. The van der Waals surface area contributed by atoms with Gasteiger partial charge in [0.25, 0.3) is 0 Å². The molecule has 1 aromatic heterocycles. The smallest absolute Gasteiger partial charge is 0.241 e. The van der Waals surface area contributed by atoms with Crippen molar-refractivity contribution < 1.29 is 4.79 Å². The van der Waals surface area contributed by atoms with Crippen molar-refractivity contribution in [2.45, 2.75) is 12.8 Å². The van der Waals surface area contributed by atoms with Gasteiger partial charge in [-0.2, -0.15) is 0 Å². The number of hydrogen-bond acceptors (Lipinski definition) is 3. The molecule has 6 nitrogen and oxygen atoms in total. The molecule has 0 saturated carbocycles. The first-order valence-corrected chi connectivity index (χ1v) is 8.81. The number of amides is 1. The molecule has 0 spiro atoms. The molecule has 2 aromatic rings. The van der Waals surface area contributed by atoms with Gasteiger partial charge in [-0.05, 0) is 24.1 Å². The highest BCUT2D eigenvalue weighted by Crippen LogP contribution is 1.98. The van der Waals surface area contributed by atoms with E-state index in [1.807, 2.05) is 36.4 Å². The molecule has 2 N–H and O–H groups in total. The third kappa shape index (κ3) is 8.85. The number of aromatic nitrogens is 1. The number of pyridine rings is 1.